The number of allylic oxidation sites excluding steroid dienone is 8. The Morgan fingerprint density at radius 2 is 0.738 bits per heavy atom. The normalized spacial score (nSPS) is 14.3. The molecule has 0 saturated carbocycles. The molecule has 0 aromatic carbocycles. The van der Waals surface area contributed by atoms with Crippen molar-refractivity contribution in [1.29, 1.82) is 0 Å². The molecule has 0 aliphatic heterocycles. The van der Waals surface area contributed by atoms with Crippen LogP contribution in [0.1, 0.15) is 264 Å². The highest BCUT2D eigenvalue weighted by molar-refractivity contribution is 5.80. The molecule has 358 valence electrons. The lowest BCUT2D eigenvalue weighted by molar-refractivity contribution is -0.132. The van der Waals surface area contributed by atoms with Gasteiger partial charge in [0.25, 0.3) is 0 Å². The highest BCUT2D eigenvalue weighted by atomic mass is 16.3. The van der Waals surface area contributed by atoms with Gasteiger partial charge < -0.3 is 25.7 Å². The van der Waals surface area contributed by atoms with Crippen LogP contribution in [0.5, 0.6) is 0 Å². The van der Waals surface area contributed by atoms with Crippen LogP contribution in [0, 0.1) is 0 Å². The van der Waals surface area contributed by atoms with E-state index >= 15 is 0 Å². The number of hydrogen-bond acceptors (Lipinski definition) is 5. The number of nitrogens with one attached hydrogen (secondary N) is 1. The molecule has 0 aromatic heterocycles. The average molecular weight is 858 g/mol. The third-order valence-electron chi connectivity index (χ3n) is 12.2. The Balaban J connectivity index is 3.69. The Bertz CT molecular complexity index is 1010. The van der Waals surface area contributed by atoms with Crippen LogP contribution < -0.4 is 5.32 Å². The Hall–Kier alpha value is -1.73. The number of carbonyl (C=O) groups excluding carboxylic acids is 1. The molecule has 6 nitrogen and oxygen atoms in total. The van der Waals surface area contributed by atoms with Crippen molar-refractivity contribution < 1.29 is 25.2 Å². The first-order valence-corrected chi connectivity index (χ1v) is 26.5. The number of aliphatic hydroxyl groups is 4. The summed E-state index contributed by atoms with van der Waals surface area (Å²) in [5, 5.41) is 43.8. The van der Waals surface area contributed by atoms with Crippen molar-refractivity contribution in [3.63, 3.8) is 0 Å². The summed E-state index contributed by atoms with van der Waals surface area (Å²) in [5.74, 6) is -0.598. The minimum absolute atomic E-state index is 0.357. The van der Waals surface area contributed by atoms with E-state index in [9.17, 15) is 25.2 Å². The lowest BCUT2D eigenvalue weighted by Gasteiger charge is -2.27. The van der Waals surface area contributed by atoms with E-state index in [0.717, 1.165) is 44.9 Å². The molecule has 5 N–H and O–H groups in total. The minimum Gasteiger partial charge on any atom is -0.394 e. The van der Waals surface area contributed by atoms with E-state index in [4.69, 9.17) is 0 Å². The molecule has 61 heavy (non-hydrogen) atoms. The maximum Gasteiger partial charge on any atom is 0.249 e. The van der Waals surface area contributed by atoms with E-state index in [0.29, 0.717) is 19.3 Å². The first-order chi connectivity index (χ1) is 30.0. The zero-order valence-electron chi connectivity index (χ0n) is 40.4. The molecule has 4 unspecified atom stereocenters. The van der Waals surface area contributed by atoms with Gasteiger partial charge in [-0.25, -0.2) is 0 Å². The third-order valence-corrected chi connectivity index (χ3v) is 12.2. The summed E-state index contributed by atoms with van der Waals surface area (Å²) in [6.45, 7) is 4.04. The Labute approximate surface area is 379 Å². The van der Waals surface area contributed by atoms with Crippen molar-refractivity contribution in [3.05, 3.63) is 48.6 Å². The number of unbranched alkanes of at least 4 members (excludes halogenated alkanes) is 31. The number of rotatable bonds is 48. The van der Waals surface area contributed by atoms with E-state index in [2.05, 4.69) is 67.8 Å². The molecule has 4 atom stereocenters. The topological polar surface area (TPSA) is 110 Å². The van der Waals surface area contributed by atoms with E-state index in [1.54, 1.807) is 0 Å². The van der Waals surface area contributed by atoms with E-state index < -0.39 is 36.9 Å². The molecule has 0 aromatic rings. The van der Waals surface area contributed by atoms with Gasteiger partial charge in [-0.3, -0.25) is 4.79 Å². The molecule has 0 heterocycles. The molecule has 0 radical (unpaired) electrons. The van der Waals surface area contributed by atoms with Crippen LogP contribution >= 0.6 is 0 Å². The van der Waals surface area contributed by atoms with Crippen molar-refractivity contribution in [1.82, 2.24) is 5.32 Å². The molecule has 0 aliphatic rings. The second-order valence-electron chi connectivity index (χ2n) is 18.2. The molecule has 0 saturated heterocycles. The van der Waals surface area contributed by atoms with Crippen molar-refractivity contribution in [2.75, 3.05) is 6.61 Å². The van der Waals surface area contributed by atoms with Gasteiger partial charge in [0.15, 0.2) is 0 Å². The van der Waals surface area contributed by atoms with Gasteiger partial charge in [-0.1, -0.05) is 229 Å². The molecule has 0 bridgehead atoms. The van der Waals surface area contributed by atoms with Gasteiger partial charge in [0.1, 0.15) is 12.2 Å². The van der Waals surface area contributed by atoms with Gasteiger partial charge >= 0.3 is 0 Å². The van der Waals surface area contributed by atoms with Gasteiger partial charge in [0, 0.05) is 0 Å². The van der Waals surface area contributed by atoms with Gasteiger partial charge in [-0.2, -0.15) is 0 Å². The first kappa shape index (κ1) is 59.3. The van der Waals surface area contributed by atoms with Crippen LogP contribution in [-0.2, 0) is 4.79 Å². The predicted octanol–water partition coefficient (Wildman–Crippen LogP) is 15.0. The second-order valence-corrected chi connectivity index (χ2v) is 18.2. The third kappa shape index (κ3) is 43.3. The van der Waals surface area contributed by atoms with Crippen LogP contribution in [-0.4, -0.2) is 57.3 Å². The monoisotopic (exact) mass is 858 g/mol. The summed E-state index contributed by atoms with van der Waals surface area (Å²) in [6, 6.07) is -1.01. The predicted molar refractivity (Wildman–Crippen MR) is 265 cm³/mol. The van der Waals surface area contributed by atoms with Crippen molar-refractivity contribution in [3.8, 4) is 0 Å². The summed E-state index contributed by atoms with van der Waals surface area (Å²) in [6.07, 6.45) is 61.7. The molecule has 0 rings (SSSR count). The fraction of sp³-hybridized carbons (Fsp3) is 0.836. The molecule has 0 fully saturated rings. The molecular weight excluding hydrogens is 755 g/mol. The summed E-state index contributed by atoms with van der Waals surface area (Å²) in [5.41, 5.74) is 0. The van der Waals surface area contributed by atoms with E-state index in [1.807, 2.05) is 0 Å². The molecular formula is C55H103NO5. The SMILES string of the molecule is CCCCCCCCCC/C=C/CC/C=C/CCCC(O)C(O)C(CO)NC(=O)C(O)CCCCCCCCCCCCCC/C=C\C/C=C\CCCCCCCCCCC. The molecule has 0 spiro atoms. The van der Waals surface area contributed by atoms with E-state index in [-0.39, 0.29) is 0 Å². The van der Waals surface area contributed by atoms with Crippen molar-refractivity contribution in [2.24, 2.45) is 0 Å². The minimum atomic E-state index is -1.29. The average Bonchev–Trinajstić information content (AvgIpc) is 3.26. The molecule has 0 aliphatic carbocycles. The standard InChI is InChI=1S/C55H103NO5/c1-3-5-7-9-11-13-15-17-19-21-22-23-24-25-26-27-28-29-30-31-33-35-37-39-41-43-45-47-49-53(59)55(61)56-51(50-57)54(60)52(58)48-46-44-42-40-38-36-34-32-20-18-16-14-12-10-8-6-4-2/h22-23,25-26,32,34,40,42,51-54,57-60H,3-21,24,27-31,33,35-39,41,43-50H2,1-2H3,(H,56,61)/b23-22-,26-25-,34-32+,42-40+. The second kappa shape index (κ2) is 49.3. The summed E-state index contributed by atoms with van der Waals surface area (Å²) >= 11 is 0. The number of aliphatic hydroxyl groups excluding tert-OH is 4. The summed E-state index contributed by atoms with van der Waals surface area (Å²) < 4.78 is 0. The highest BCUT2D eigenvalue weighted by Gasteiger charge is 2.28. The van der Waals surface area contributed by atoms with Gasteiger partial charge in [0.05, 0.1) is 18.8 Å². The lowest BCUT2D eigenvalue weighted by Crippen LogP contribution is -2.53. The van der Waals surface area contributed by atoms with Gasteiger partial charge in [-0.05, 0) is 83.5 Å². The molecule has 6 heteroatoms. The number of amides is 1. The highest BCUT2D eigenvalue weighted by Crippen LogP contribution is 2.16. The Kier molecular flexibility index (Phi) is 47.9. The Morgan fingerprint density at radius 3 is 1.13 bits per heavy atom. The largest absolute Gasteiger partial charge is 0.394 e. The lowest BCUT2D eigenvalue weighted by atomic mass is 10.00. The Morgan fingerprint density at radius 1 is 0.410 bits per heavy atom. The zero-order chi connectivity index (χ0) is 44.5. The van der Waals surface area contributed by atoms with Crippen molar-refractivity contribution in [2.45, 2.75) is 289 Å². The molecule has 1 amide bonds. The summed E-state index contributed by atoms with van der Waals surface area (Å²) in [4.78, 5) is 12.6. The smallest absolute Gasteiger partial charge is 0.249 e. The number of hydrogen-bond donors (Lipinski definition) is 5. The van der Waals surface area contributed by atoms with Crippen molar-refractivity contribution >= 4 is 5.91 Å². The zero-order valence-corrected chi connectivity index (χ0v) is 40.4. The van der Waals surface area contributed by atoms with Gasteiger partial charge in [-0.15, -0.1) is 0 Å². The van der Waals surface area contributed by atoms with Crippen LogP contribution in [0.25, 0.3) is 0 Å². The summed E-state index contributed by atoms with van der Waals surface area (Å²) in [7, 11) is 0. The van der Waals surface area contributed by atoms with Crippen LogP contribution in [0.15, 0.2) is 48.6 Å². The van der Waals surface area contributed by atoms with Crippen LogP contribution in [0.2, 0.25) is 0 Å². The maximum absolute atomic E-state index is 12.6. The quantitative estimate of drug-likeness (QED) is 0.0309. The van der Waals surface area contributed by atoms with E-state index in [1.165, 1.54) is 186 Å². The fourth-order valence-electron chi connectivity index (χ4n) is 8.04. The van der Waals surface area contributed by atoms with Gasteiger partial charge in [0.2, 0.25) is 5.91 Å². The first-order valence-electron chi connectivity index (χ1n) is 26.5. The van der Waals surface area contributed by atoms with Crippen LogP contribution in [0.4, 0.5) is 0 Å². The fourth-order valence-corrected chi connectivity index (χ4v) is 8.04. The van der Waals surface area contributed by atoms with Crippen LogP contribution in [0.3, 0.4) is 0 Å². The maximum atomic E-state index is 12.6. The number of carbonyl (C=O) groups is 1.